The lowest BCUT2D eigenvalue weighted by Gasteiger charge is -2.14. The van der Waals surface area contributed by atoms with Gasteiger partial charge in [0.05, 0.1) is 25.1 Å². The molecular weight excluding hydrogens is 182 g/mol. The van der Waals surface area contributed by atoms with Crippen LogP contribution in [0, 0.1) is 0 Å². The number of carbonyl (C=O) groups is 1. The van der Waals surface area contributed by atoms with Crippen LogP contribution in [0.3, 0.4) is 0 Å². The fourth-order valence-corrected chi connectivity index (χ4v) is 1.67. The van der Waals surface area contributed by atoms with E-state index in [-0.39, 0.29) is 12.3 Å². The summed E-state index contributed by atoms with van der Waals surface area (Å²) in [5.41, 5.74) is 1.08. The third-order valence-corrected chi connectivity index (χ3v) is 2.44. The van der Waals surface area contributed by atoms with Gasteiger partial charge in [-0.05, 0) is 18.1 Å². The smallest absolute Gasteiger partial charge is 0.225 e. The predicted octanol–water partition coefficient (Wildman–Crippen LogP) is 0.415. The molecule has 1 fully saturated rings. The summed E-state index contributed by atoms with van der Waals surface area (Å²) < 4.78 is 4.92. The number of likely N-dealkylation sites (tertiary alicyclic amines) is 1. The highest BCUT2D eigenvalue weighted by Gasteiger charge is 2.27. The molecule has 0 aliphatic carbocycles. The number of amides is 1. The van der Waals surface area contributed by atoms with E-state index in [1.54, 1.807) is 17.4 Å². The lowest BCUT2D eigenvalue weighted by molar-refractivity contribution is -0.127. The van der Waals surface area contributed by atoms with Crippen molar-refractivity contribution in [2.45, 2.75) is 18.9 Å². The van der Waals surface area contributed by atoms with Crippen LogP contribution in [0.15, 0.2) is 23.0 Å². The molecule has 2 heterocycles. The van der Waals surface area contributed by atoms with Gasteiger partial charge in [0, 0.05) is 13.1 Å². The van der Waals surface area contributed by atoms with Gasteiger partial charge in [-0.25, -0.2) is 0 Å². The molecule has 0 radical (unpaired) electrons. The number of hydrogen-bond acceptors (Lipinski definition) is 3. The Morgan fingerprint density at radius 2 is 2.50 bits per heavy atom. The average Bonchev–Trinajstić information content (AvgIpc) is 2.72. The van der Waals surface area contributed by atoms with Crippen LogP contribution in [-0.2, 0) is 11.2 Å². The summed E-state index contributed by atoms with van der Waals surface area (Å²) in [6.07, 6.45) is 3.87. The van der Waals surface area contributed by atoms with Crippen LogP contribution in [0.25, 0.3) is 0 Å². The number of β-amino-alcohol motifs (C(OH)–C–C–N with tert-alkyl or cyclic N) is 1. The van der Waals surface area contributed by atoms with Crippen LogP contribution in [0.4, 0.5) is 0 Å². The molecule has 0 saturated carbocycles. The Balaban J connectivity index is 1.84. The molecule has 4 nitrogen and oxygen atoms in total. The topological polar surface area (TPSA) is 53.7 Å². The van der Waals surface area contributed by atoms with Crippen molar-refractivity contribution in [3.63, 3.8) is 0 Å². The summed E-state index contributed by atoms with van der Waals surface area (Å²) in [5.74, 6) is 0.0426. The van der Waals surface area contributed by atoms with Gasteiger partial charge in [-0.2, -0.15) is 0 Å². The molecule has 4 heteroatoms. The van der Waals surface area contributed by atoms with Crippen LogP contribution in [-0.4, -0.2) is 35.1 Å². The van der Waals surface area contributed by atoms with Crippen LogP contribution >= 0.6 is 0 Å². The minimum atomic E-state index is -0.480. The van der Waals surface area contributed by atoms with Gasteiger partial charge in [0.1, 0.15) is 0 Å². The largest absolute Gasteiger partial charge is 0.472 e. The fourth-order valence-electron chi connectivity index (χ4n) is 1.67. The monoisotopic (exact) mass is 195 g/mol. The maximum absolute atomic E-state index is 11.3. The molecule has 1 N–H and O–H groups in total. The average molecular weight is 195 g/mol. The lowest BCUT2D eigenvalue weighted by atomic mass is 10.2. The molecule has 1 unspecified atom stereocenters. The van der Waals surface area contributed by atoms with Crippen LogP contribution in [0.5, 0.6) is 0 Å². The quantitative estimate of drug-likeness (QED) is 0.760. The first-order valence-electron chi connectivity index (χ1n) is 4.72. The standard InChI is InChI=1S/C10H13NO3/c12-9-5-10(13)11(6-9)3-1-8-2-4-14-7-8/h2,4,7,9,12H,1,3,5-6H2. The van der Waals surface area contributed by atoms with E-state index in [0.29, 0.717) is 13.1 Å². The number of furan rings is 1. The summed E-state index contributed by atoms with van der Waals surface area (Å²) in [6, 6.07) is 1.89. The van der Waals surface area contributed by atoms with Crippen molar-refractivity contribution in [2.24, 2.45) is 0 Å². The first-order valence-corrected chi connectivity index (χ1v) is 4.72. The number of carbonyl (C=O) groups excluding carboxylic acids is 1. The van der Waals surface area contributed by atoms with E-state index in [9.17, 15) is 9.90 Å². The molecule has 76 valence electrons. The number of hydrogen-bond donors (Lipinski definition) is 1. The molecule has 0 spiro atoms. The summed E-state index contributed by atoms with van der Waals surface area (Å²) in [4.78, 5) is 13.0. The Labute approximate surface area is 82.1 Å². The first kappa shape index (κ1) is 9.27. The second kappa shape index (κ2) is 3.84. The van der Waals surface area contributed by atoms with Crippen molar-refractivity contribution < 1.29 is 14.3 Å². The fraction of sp³-hybridized carbons (Fsp3) is 0.500. The second-order valence-electron chi connectivity index (χ2n) is 3.58. The van der Waals surface area contributed by atoms with E-state index in [4.69, 9.17) is 4.42 Å². The number of rotatable bonds is 3. The molecule has 0 bridgehead atoms. The summed E-state index contributed by atoms with van der Waals surface area (Å²) in [7, 11) is 0. The molecule has 1 aliphatic rings. The number of aliphatic hydroxyl groups excluding tert-OH is 1. The molecular formula is C10H13NO3. The van der Waals surface area contributed by atoms with Crippen molar-refractivity contribution in [2.75, 3.05) is 13.1 Å². The van der Waals surface area contributed by atoms with E-state index in [1.807, 2.05) is 6.07 Å². The van der Waals surface area contributed by atoms with Crippen molar-refractivity contribution in [3.8, 4) is 0 Å². The van der Waals surface area contributed by atoms with Crippen LogP contribution in [0.1, 0.15) is 12.0 Å². The lowest BCUT2D eigenvalue weighted by Crippen LogP contribution is -2.28. The Hall–Kier alpha value is -1.29. The highest BCUT2D eigenvalue weighted by atomic mass is 16.3. The van der Waals surface area contributed by atoms with Gasteiger partial charge < -0.3 is 14.4 Å². The summed E-state index contributed by atoms with van der Waals surface area (Å²) >= 11 is 0. The van der Waals surface area contributed by atoms with Gasteiger partial charge in [-0.1, -0.05) is 0 Å². The number of aliphatic hydroxyl groups is 1. The van der Waals surface area contributed by atoms with E-state index in [0.717, 1.165) is 12.0 Å². The minimum absolute atomic E-state index is 0.0426. The Morgan fingerprint density at radius 1 is 1.64 bits per heavy atom. The Bertz CT molecular complexity index is 307. The zero-order valence-electron chi connectivity index (χ0n) is 7.85. The predicted molar refractivity (Wildman–Crippen MR) is 49.6 cm³/mol. The van der Waals surface area contributed by atoms with Crippen LogP contribution in [0.2, 0.25) is 0 Å². The zero-order chi connectivity index (χ0) is 9.97. The van der Waals surface area contributed by atoms with Gasteiger partial charge in [0.2, 0.25) is 5.91 Å². The minimum Gasteiger partial charge on any atom is -0.472 e. The normalized spacial score (nSPS) is 21.9. The third kappa shape index (κ3) is 1.96. The third-order valence-electron chi connectivity index (χ3n) is 2.44. The van der Waals surface area contributed by atoms with Gasteiger partial charge in [0.15, 0.2) is 0 Å². The van der Waals surface area contributed by atoms with E-state index in [1.165, 1.54) is 0 Å². The molecule has 1 amide bonds. The van der Waals surface area contributed by atoms with Gasteiger partial charge in [-0.15, -0.1) is 0 Å². The SMILES string of the molecule is O=C1CC(O)CN1CCc1ccoc1. The van der Waals surface area contributed by atoms with Crippen LogP contribution < -0.4 is 0 Å². The second-order valence-corrected chi connectivity index (χ2v) is 3.58. The maximum Gasteiger partial charge on any atom is 0.225 e. The van der Waals surface area contributed by atoms with Crippen molar-refractivity contribution in [1.82, 2.24) is 4.90 Å². The molecule has 14 heavy (non-hydrogen) atoms. The highest BCUT2D eigenvalue weighted by molar-refractivity contribution is 5.78. The Kier molecular flexibility index (Phi) is 2.54. The van der Waals surface area contributed by atoms with Crippen molar-refractivity contribution in [1.29, 1.82) is 0 Å². The Morgan fingerprint density at radius 3 is 3.07 bits per heavy atom. The first-order chi connectivity index (χ1) is 6.75. The molecule has 1 aromatic rings. The van der Waals surface area contributed by atoms with Gasteiger partial charge in [0.25, 0.3) is 0 Å². The molecule has 1 atom stereocenters. The molecule has 1 saturated heterocycles. The van der Waals surface area contributed by atoms with Gasteiger partial charge in [-0.3, -0.25) is 4.79 Å². The summed E-state index contributed by atoms with van der Waals surface area (Å²) in [6.45, 7) is 1.13. The van der Waals surface area contributed by atoms with E-state index in [2.05, 4.69) is 0 Å². The molecule has 0 aromatic carbocycles. The van der Waals surface area contributed by atoms with E-state index >= 15 is 0 Å². The molecule has 1 aromatic heterocycles. The highest BCUT2D eigenvalue weighted by Crippen LogP contribution is 2.11. The van der Waals surface area contributed by atoms with Crippen molar-refractivity contribution in [3.05, 3.63) is 24.2 Å². The van der Waals surface area contributed by atoms with Gasteiger partial charge >= 0.3 is 0 Å². The molecule has 2 rings (SSSR count). The molecule has 1 aliphatic heterocycles. The van der Waals surface area contributed by atoms with E-state index < -0.39 is 6.10 Å². The number of nitrogens with zero attached hydrogens (tertiary/aromatic N) is 1. The summed E-state index contributed by atoms with van der Waals surface area (Å²) in [5, 5.41) is 9.25. The van der Waals surface area contributed by atoms with Crippen molar-refractivity contribution >= 4 is 5.91 Å². The maximum atomic E-state index is 11.3. The zero-order valence-corrected chi connectivity index (χ0v) is 7.85.